The molecule has 1 aliphatic rings. The monoisotopic (exact) mass is 572 g/mol. The van der Waals surface area contributed by atoms with Crippen molar-refractivity contribution in [3.8, 4) is 22.4 Å². The normalized spacial score (nSPS) is 15.3. The molecule has 0 fully saturated rings. The molecule has 6 heteroatoms. The predicted molar refractivity (Wildman–Crippen MR) is 184 cm³/mol. The fourth-order valence-corrected chi connectivity index (χ4v) is 7.37. The van der Waals surface area contributed by atoms with Crippen LogP contribution in [0, 0.1) is 6.92 Å². The number of fused-ring (bicyclic) bond motifs is 6. The third-order valence-electron chi connectivity index (χ3n) is 9.55. The lowest BCUT2D eigenvalue weighted by atomic mass is 9.79. The molecule has 8 aromatic rings. The van der Waals surface area contributed by atoms with Gasteiger partial charge in [0.15, 0.2) is 0 Å². The molecule has 0 bridgehead atoms. The van der Waals surface area contributed by atoms with Gasteiger partial charge in [-0.25, -0.2) is 0 Å². The molecule has 0 spiro atoms. The van der Waals surface area contributed by atoms with Gasteiger partial charge >= 0.3 is 0 Å². The molecular formula is C38H32N6. The molecule has 0 aliphatic heterocycles. The molecule has 0 saturated heterocycles. The molecule has 3 aromatic carbocycles. The van der Waals surface area contributed by atoms with Gasteiger partial charge in [0.1, 0.15) is 0 Å². The van der Waals surface area contributed by atoms with E-state index in [2.05, 4.69) is 124 Å². The van der Waals surface area contributed by atoms with Gasteiger partial charge < -0.3 is 30.7 Å². The van der Waals surface area contributed by atoms with Gasteiger partial charge in [0.05, 0.1) is 33.1 Å². The number of hydrogen-bond acceptors (Lipinski definition) is 1. The molecule has 5 heterocycles. The highest BCUT2D eigenvalue weighted by molar-refractivity contribution is 6.09. The van der Waals surface area contributed by atoms with Crippen molar-refractivity contribution in [2.24, 2.45) is 5.73 Å². The van der Waals surface area contributed by atoms with Crippen LogP contribution in [0.1, 0.15) is 47.2 Å². The van der Waals surface area contributed by atoms with E-state index >= 15 is 0 Å². The zero-order chi connectivity index (χ0) is 29.5. The lowest BCUT2D eigenvalue weighted by molar-refractivity contribution is 0.769. The fraction of sp³-hybridized carbons (Fsp3) is 0.105. The van der Waals surface area contributed by atoms with Crippen molar-refractivity contribution in [2.45, 2.75) is 26.2 Å². The van der Waals surface area contributed by atoms with Gasteiger partial charge in [0.25, 0.3) is 0 Å². The van der Waals surface area contributed by atoms with Crippen LogP contribution < -0.4 is 5.73 Å². The summed E-state index contributed by atoms with van der Waals surface area (Å²) >= 11 is 0. The van der Waals surface area contributed by atoms with Crippen LogP contribution in [0.25, 0.3) is 84.1 Å². The summed E-state index contributed by atoms with van der Waals surface area (Å²) in [6.45, 7) is 4.43. The molecule has 0 saturated carbocycles. The number of hydrogen-bond donors (Lipinski definition) is 6. The molecule has 9 rings (SSSR count). The standard InChI is InChI=1S/C38H32N6/c1-20-6-5-9-27-25(11-13-28(35(20)27)29(39)18-32-21(2)36-30(42-32)14-16-40-36)24-10-12-26(23-8-4-3-7-22(23)24)33-19-34-38(44-33)37-31(43-34)15-17-41-37/h3-5,7-20,40-44H,6,39H2,1-2H3/b29-18-. The lowest BCUT2D eigenvalue weighted by Gasteiger charge is -2.25. The van der Waals surface area contributed by atoms with Crippen molar-refractivity contribution < 1.29 is 0 Å². The Morgan fingerprint density at radius 3 is 2.32 bits per heavy atom. The second-order valence-corrected chi connectivity index (χ2v) is 12.1. The molecule has 5 aromatic heterocycles. The third kappa shape index (κ3) is 3.54. The van der Waals surface area contributed by atoms with E-state index in [4.69, 9.17) is 5.73 Å². The number of aryl methyl sites for hydroxylation is 1. The van der Waals surface area contributed by atoms with Gasteiger partial charge in [-0.05, 0) is 82.1 Å². The van der Waals surface area contributed by atoms with Crippen molar-refractivity contribution >= 4 is 61.7 Å². The summed E-state index contributed by atoms with van der Waals surface area (Å²) in [5.74, 6) is 0.355. The van der Waals surface area contributed by atoms with Crippen molar-refractivity contribution in [2.75, 3.05) is 0 Å². The van der Waals surface area contributed by atoms with Crippen LogP contribution in [0.2, 0.25) is 0 Å². The molecule has 0 radical (unpaired) electrons. The summed E-state index contributed by atoms with van der Waals surface area (Å²) in [7, 11) is 0. The first-order valence-electron chi connectivity index (χ1n) is 15.2. The maximum absolute atomic E-state index is 6.89. The average molecular weight is 573 g/mol. The van der Waals surface area contributed by atoms with Crippen molar-refractivity contribution in [3.63, 3.8) is 0 Å². The summed E-state index contributed by atoms with van der Waals surface area (Å²) in [5.41, 5.74) is 25.0. The minimum absolute atomic E-state index is 0.355. The van der Waals surface area contributed by atoms with Crippen LogP contribution in [-0.4, -0.2) is 24.9 Å². The highest BCUT2D eigenvalue weighted by Crippen LogP contribution is 2.43. The second-order valence-electron chi connectivity index (χ2n) is 12.1. The number of nitrogens with two attached hydrogens (primary N) is 1. The van der Waals surface area contributed by atoms with E-state index in [0.29, 0.717) is 5.92 Å². The Labute approximate surface area is 253 Å². The van der Waals surface area contributed by atoms with E-state index in [1.165, 1.54) is 44.2 Å². The van der Waals surface area contributed by atoms with Crippen LogP contribution in [0.5, 0.6) is 0 Å². The highest BCUT2D eigenvalue weighted by atomic mass is 14.9. The van der Waals surface area contributed by atoms with Crippen molar-refractivity contribution in [1.82, 2.24) is 24.9 Å². The molecule has 1 unspecified atom stereocenters. The molecule has 6 nitrogen and oxygen atoms in total. The predicted octanol–water partition coefficient (Wildman–Crippen LogP) is 9.56. The Morgan fingerprint density at radius 1 is 0.773 bits per heavy atom. The van der Waals surface area contributed by atoms with Gasteiger partial charge in [-0.3, -0.25) is 0 Å². The second kappa shape index (κ2) is 9.19. The SMILES string of the molecule is Cc1c(/C=C(\N)c2ccc(-c3ccc(-c4cc5[nH]c6cc[nH]c6c5[nH]4)c4ccccc34)c3c2C(C)CC=C3)[nH]c2cc[nH]c12. The van der Waals surface area contributed by atoms with Crippen molar-refractivity contribution in [3.05, 3.63) is 113 Å². The van der Waals surface area contributed by atoms with Gasteiger partial charge in [0, 0.05) is 40.6 Å². The molecule has 44 heavy (non-hydrogen) atoms. The van der Waals surface area contributed by atoms with Gasteiger partial charge in [-0.15, -0.1) is 0 Å². The zero-order valence-electron chi connectivity index (χ0n) is 24.6. The highest BCUT2D eigenvalue weighted by Gasteiger charge is 2.23. The number of rotatable bonds is 4. The molecule has 214 valence electrons. The summed E-state index contributed by atoms with van der Waals surface area (Å²) in [5, 5.41) is 2.45. The van der Waals surface area contributed by atoms with E-state index < -0.39 is 0 Å². The van der Waals surface area contributed by atoms with Crippen LogP contribution in [-0.2, 0) is 0 Å². The Bertz CT molecular complexity index is 2460. The smallest absolute Gasteiger partial charge is 0.0885 e. The maximum Gasteiger partial charge on any atom is 0.0885 e. The summed E-state index contributed by atoms with van der Waals surface area (Å²) in [6, 6.07) is 24.1. The van der Waals surface area contributed by atoms with E-state index in [1.54, 1.807) is 0 Å². The molecule has 0 amide bonds. The number of aromatic nitrogens is 5. The van der Waals surface area contributed by atoms with Gasteiger partial charge in [-0.2, -0.15) is 0 Å². The first-order chi connectivity index (χ1) is 21.5. The van der Waals surface area contributed by atoms with E-state index in [9.17, 15) is 0 Å². The largest absolute Gasteiger partial charge is 0.398 e. The fourth-order valence-electron chi connectivity index (χ4n) is 7.37. The first kappa shape index (κ1) is 24.9. The van der Waals surface area contributed by atoms with Gasteiger partial charge in [0.2, 0.25) is 0 Å². The Morgan fingerprint density at radius 2 is 1.50 bits per heavy atom. The Balaban J connectivity index is 1.19. The summed E-state index contributed by atoms with van der Waals surface area (Å²) in [4.78, 5) is 17.4. The Kier molecular flexibility index (Phi) is 5.21. The average Bonchev–Trinajstić information content (AvgIpc) is 3.85. The zero-order valence-corrected chi connectivity index (χ0v) is 24.6. The molecule has 7 N–H and O–H groups in total. The quantitative estimate of drug-likeness (QED) is 0.124. The topological polar surface area (TPSA) is 105 Å². The summed E-state index contributed by atoms with van der Waals surface area (Å²) < 4.78 is 0. The summed E-state index contributed by atoms with van der Waals surface area (Å²) in [6.07, 6.45) is 11.6. The maximum atomic E-state index is 6.89. The minimum atomic E-state index is 0.355. The number of nitrogens with one attached hydrogen (secondary N) is 5. The number of H-pyrrole nitrogens is 5. The van der Waals surface area contributed by atoms with Crippen LogP contribution in [0.4, 0.5) is 0 Å². The van der Waals surface area contributed by atoms with E-state index in [0.717, 1.165) is 62.2 Å². The van der Waals surface area contributed by atoms with Crippen LogP contribution in [0.3, 0.4) is 0 Å². The number of benzene rings is 3. The molecule has 1 aliphatic carbocycles. The number of allylic oxidation sites excluding steroid dienone is 1. The van der Waals surface area contributed by atoms with Crippen molar-refractivity contribution in [1.29, 1.82) is 0 Å². The van der Waals surface area contributed by atoms with E-state index in [-0.39, 0.29) is 0 Å². The van der Waals surface area contributed by atoms with Gasteiger partial charge in [-0.1, -0.05) is 67.6 Å². The number of aromatic amines is 5. The minimum Gasteiger partial charge on any atom is -0.398 e. The first-order valence-corrected chi connectivity index (χ1v) is 15.2. The third-order valence-corrected chi connectivity index (χ3v) is 9.55. The van der Waals surface area contributed by atoms with E-state index in [1.807, 2.05) is 12.4 Å². The Hall–Kier alpha value is -5.62. The lowest BCUT2D eigenvalue weighted by Crippen LogP contribution is -2.09. The molecular weight excluding hydrogens is 540 g/mol. The molecule has 1 atom stereocenters. The van der Waals surface area contributed by atoms with Crippen LogP contribution >= 0.6 is 0 Å². The van der Waals surface area contributed by atoms with Crippen LogP contribution in [0.15, 0.2) is 85.2 Å².